The molecular formula is C17H21NO3. The number of nitrogens with one attached hydrogen (secondary N) is 1. The Morgan fingerprint density at radius 2 is 2.10 bits per heavy atom. The summed E-state index contributed by atoms with van der Waals surface area (Å²) in [7, 11) is 0. The van der Waals surface area contributed by atoms with Gasteiger partial charge in [-0.25, -0.2) is 0 Å². The summed E-state index contributed by atoms with van der Waals surface area (Å²) in [5.74, 6) is 1.09. The highest BCUT2D eigenvalue weighted by atomic mass is 16.5. The first-order chi connectivity index (χ1) is 10.1. The SMILES string of the molecule is CCOc1cc(C)c(CCNC(=O)c2ccco2)cc1C. The molecular weight excluding hydrogens is 266 g/mol. The van der Waals surface area contributed by atoms with Gasteiger partial charge >= 0.3 is 0 Å². The fourth-order valence-corrected chi connectivity index (χ4v) is 2.24. The van der Waals surface area contributed by atoms with Crippen LogP contribution in [-0.4, -0.2) is 19.1 Å². The van der Waals surface area contributed by atoms with E-state index >= 15 is 0 Å². The van der Waals surface area contributed by atoms with E-state index in [4.69, 9.17) is 9.15 Å². The lowest BCUT2D eigenvalue weighted by molar-refractivity contribution is 0.0926. The second kappa shape index (κ2) is 6.97. The predicted octanol–water partition coefficient (Wildman–Crippen LogP) is 3.27. The molecule has 0 bridgehead atoms. The van der Waals surface area contributed by atoms with Crippen LogP contribution in [0, 0.1) is 13.8 Å². The third-order valence-electron chi connectivity index (χ3n) is 3.36. The molecule has 0 aliphatic carbocycles. The molecule has 1 aromatic carbocycles. The van der Waals surface area contributed by atoms with Crippen LogP contribution in [0.25, 0.3) is 0 Å². The molecule has 0 saturated heterocycles. The summed E-state index contributed by atoms with van der Waals surface area (Å²) in [4.78, 5) is 11.8. The molecule has 1 amide bonds. The molecule has 1 aromatic heterocycles. The van der Waals surface area contributed by atoms with Crippen LogP contribution in [0.1, 0.15) is 34.2 Å². The van der Waals surface area contributed by atoms with Crippen molar-refractivity contribution in [1.82, 2.24) is 5.32 Å². The van der Waals surface area contributed by atoms with Gasteiger partial charge in [0.1, 0.15) is 5.75 Å². The first kappa shape index (κ1) is 15.2. The van der Waals surface area contributed by atoms with Crippen molar-refractivity contribution in [1.29, 1.82) is 0 Å². The Morgan fingerprint density at radius 1 is 1.29 bits per heavy atom. The average Bonchev–Trinajstić information content (AvgIpc) is 2.98. The van der Waals surface area contributed by atoms with Crippen LogP contribution in [0.3, 0.4) is 0 Å². The largest absolute Gasteiger partial charge is 0.494 e. The summed E-state index contributed by atoms with van der Waals surface area (Å²) < 4.78 is 10.6. The second-order valence-corrected chi connectivity index (χ2v) is 4.96. The summed E-state index contributed by atoms with van der Waals surface area (Å²) in [5, 5.41) is 2.86. The Labute approximate surface area is 125 Å². The highest BCUT2D eigenvalue weighted by Crippen LogP contribution is 2.23. The molecule has 0 unspecified atom stereocenters. The van der Waals surface area contributed by atoms with Crippen molar-refractivity contribution in [2.75, 3.05) is 13.2 Å². The van der Waals surface area contributed by atoms with Gasteiger partial charge in [0.2, 0.25) is 0 Å². The van der Waals surface area contributed by atoms with Crippen molar-refractivity contribution in [2.45, 2.75) is 27.2 Å². The standard InChI is InChI=1S/C17H21NO3/c1-4-20-16-11-12(2)14(10-13(16)3)7-8-18-17(19)15-6-5-9-21-15/h5-6,9-11H,4,7-8H2,1-3H3,(H,18,19). The third-order valence-corrected chi connectivity index (χ3v) is 3.36. The molecule has 0 saturated carbocycles. The first-order valence-electron chi connectivity index (χ1n) is 7.16. The van der Waals surface area contributed by atoms with E-state index < -0.39 is 0 Å². The molecule has 2 rings (SSSR count). The van der Waals surface area contributed by atoms with Crippen LogP contribution < -0.4 is 10.1 Å². The number of hydrogen-bond donors (Lipinski definition) is 1. The van der Waals surface area contributed by atoms with Gasteiger partial charge in [-0.3, -0.25) is 4.79 Å². The first-order valence-corrected chi connectivity index (χ1v) is 7.16. The van der Waals surface area contributed by atoms with Gasteiger partial charge < -0.3 is 14.5 Å². The highest BCUT2D eigenvalue weighted by Gasteiger charge is 2.09. The number of amides is 1. The van der Waals surface area contributed by atoms with Crippen molar-refractivity contribution in [3.05, 3.63) is 53.0 Å². The van der Waals surface area contributed by atoms with Crippen LogP contribution >= 0.6 is 0 Å². The number of aryl methyl sites for hydroxylation is 2. The van der Waals surface area contributed by atoms with Crippen molar-refractivity contribution >= 4 is 5.91 Å². The maximum atomic E-state index is 11.8. The minimum absolute atomic E-state index is 0.180. The van der Waals surface area contributed by atoms with E-state index in [1.165, 1.54) is 17.4 Å². The molecule has 0 fully saturated rings. The molecule has 4 heteroatoms. The number of rotatable bonds is 6. The number of carbonyl (C=O) groups is 1. The number of carbonyl (C=O) groups excluding carboxylic acids is 1. The van der Waals surface area contributed by atoms with Gasteiger partial charge in [-0.2, -0.15) is 0 Å². The van der Waals surface area contributed by atoms with E-state index in [1.807, 2.05) is 13.8 Å². The topological polar surface area (TPSA) is 51.5 Å². The Bertz CT molecular complexity index is 603. The normalized spacial score (nSPS) is 10.4. The monoisotopic (exact) mass is 287 g/mol. The van der Waals surface area contributed by atoms with Gasteiger partial charge in [0.25, 0.3) is 5.91 Å². The molecule has 1 heterocycles. The Hall–Kier alpha value is -2.23. The Balaban J connectivity index is 1.94. The van der Waals surface area contributed by atoms with Gasteiger partial charge in [0, 0.05) is 6.54 Å². The van der Waals surface area contributed by atoms with E-state index in [0.29, 0.717) is 18.9 Å². The summed E-state index contributed by atoms with van der Waals surface area (Å²) in [5.41, 5.74) is 3.52. The van der Waals surface area contributed by atoms with Gasteiger partial charge in [-0.15, -0.1) is 0 Å². The lowest BCUT2D eigenvalue weighted by Crippen LogP contribution is -2.25. The van der Waals surface area contributed by atoms with Gasteiger partial charge in [-0.1, -0.05) is 6.07 Å². The minimum Gasteiger partial charge on any atom is -0.494 e. The smallest absolute Gasteiger partial charge is 0.286 e. The highest BCUT2D eigenvalue weighted by molar-refractivity contribution is 5.91. The van der Waals surface area contributed by atoms with Crippen LogP contribution in [0.15, 0.2) is 34.9 Å². The van der Waals surface area contributed by atoms with E-state index in [-0.39, 0.29) is 5.91 Å². The fraction of sp³-hybridized carbons (Fsp3) is 0.353. The van der Waals surface area contributed by atoms with E-state index in [0.717, 1.165) is 17.7 Å². The molecule has 21 heavy (non-hydrogen) atoms. The van der Waals surface area contributed by atoms with Crippen LogP contribution in [-0.2, 0) is 6.42 Å². The molecule has 0 aliphatic heterocycles. The number of hydrogen-bond acceptors (Lipinski definition) is 3. The average molecular weight is 287 g/mol. The van der Waals surface area contributed by atoms with Crippen LogP contribution in [0.5, 0.6) is 5.75 Å². The van der Waals surface area contributed by atoms with E-state index in [2.05, 4.69) is 24.4 Å². The lowest BCUT2D eigenvalue weighted by atomic mass is 10.0. The van der Waals surface area contributed by atoms with Gasteiger partial charge in [0.05, 0.1) is 12.9 Å². The van der Waals surface area contributed by atoms with Crippen LogP contribution in [0.4, 0.5) is 0 Å². The third kappa shape index (κ3) is 3.88. The van der Waals surface area contributed by atoms with Crippen molar-refractivity contribution in [2.24, 2.45) is 0 Å². The minimum atomic E-state index is -0.180. The summed E-state index contributed by atoms with van der Waals surface area (Å²) in [6, 6.07) is 7.54. The molecule has 2 aromatic rings. The quantitative estimate of drug-likeness (QED) is 0.887. The summed E-state index contributed by atoms with van der Waals surface area (Å²) in [6.07, 6.45) is 2.28. The summed E-state index contributed by atoms with van der Waals surface area (Å²) >= 11 is 0. The molecule has 112 valence electrons. The number of furan rings is 1. The predicted molar refractivity (Wildman–Crippen MR) is 81.8 cm³/mol. The molecule has 0 spiro atoms. The molecule has 4 nitrogen and oxygen atoms in total. The zero-order chi connectivity index (χ0) is 15.2. The number of benzene rings is 1. The molecule has 0 aliphatic rings. The maximum Gasteiger partial charge on any atom is 0.286 e. The molecule has 0 atom stereocenters. The zero-order valence-electron chi connectivity index (χ0n) is 12.7. The zero-order valence-corrected chi connectivity index (χ0v) is 12.7. The van der Waals surface area contributed by atoms with Gasteiger partial charge in [0.15, 0.2) is 5.76 Å². The number of ether oxygens (including phenoxy) is 1. The van der Waals surface area contributed by atoms with Crippen molar-refractivity contribution in [3.63, 3.8) is 0 Å². The molecule has 1 N–H and O–H groups in total. The van der Waals surface area contributed by atoms with Crippen LogP contribution in [0.2, 0.25) is 0 Å². The summed E-state index contributed by atoms with van der Waals surface area (Å²) in [6.45, 7) is 7.32. The van der Waals surface area contributed by atoms with Gasteiger partial charge in [-0.05, 0) is 62.1 Å². The van der Waals surface area contributed by atoms with E-state index in [1.54, 1.807) is 12.1 Å². The lowest BCUT2D eigenvalue weighted by Gasteiger charge is -2.12. The second-order valence-electron chi connectivity index (χ2n) is 4.96. The van der Waals surface area contributed by atoms with Crippen molar-refractivity contribution < 1.29 is 13.9 Å². The fourth-order valence-electron chi connectivity index (χ4n) is 2.24. The Morgan fingerprint density at radius 3 is 2.76 bits per heavy atom. The Kier molecular flexibility index (Phi) is 5.04. The van der Waals surface area contributed by atoms with E-state index in [9.17, 15) is 4.79 Å². The molecule has 0 radical (unpaired) electrons. The maximum absolute atomic E-state index is 11.8. The van der Waals surface area contributed by atoms with Crippen molar-refractivity contribution in [3.8, 4) is 5.75 Å².